The fraction of sp³-hybridized carbons (Fsp3) is 0.667. The molecule has 1 nitrogen and oxygen atoms in total. The quantitative estimate of drug-likeness (QED) is 0.635. The molecule has 16 heavy (non-hydrogen) atoms. The van der Waals surface area contributed by atoms with Crippen molar-refractivity contribution < 1.29 is 4.79 Å². The number of Topliss-reactive ketones (excluding diaryl/α,β-unsaturated/α-hetero) is 1. The molecule has 1 fully saturated rings. The molecule has 0 radical (unpaired) electrons. The first-order valence-corrected chi connectivity index (χ1v) is 6.52. The molecule has 2 aliphatic carbocycles. The number of ketones is 1. The lowest BCUT2D eigenvalue weighted by atomic mass is 9.88. The molecule has 0 aromatic heterocycles. The van der Waals surface area contributed by atoms with E-state index < -0.39 is 0 Å². The van der Waals surface area contributed by atoms with Gasteiger partial charge < -0.3 is 0 Å². The zero-order valence-corrected chi connectivity index (χ0v) is 10.5. The van der Waals surface area contributed by atoms with E-state index in [1.807, 2.05) is 0 Å². The molecule has 0 N–H and O–H groups in total. The highest BCUT2D eigenvalue weighted by Gasteiger charge is 2.24. The lowest BCUT2D eigenvalue weighted by molar-refractivity contribution is -0.120. The van der Waals surface area contributed by atoms with Crippen molar-refractivity contribution in [2.24, 2.45) is 5.92 Å². The van der Waals surface area contributed by atoms with Crippen LogP contribution in [-0.4, -0.2) is 5.78 Å². The summed E-state index contributed by atoms with van der Waals surface area (Å²) in [6.45, 7) is 4.45. The van der Waals surface area contributed by atoms with Crippen molar-refractivity contribution in [3.8, 4) is 0 Å². The van der Waals surface area contributed by atoms with Crippen LogP contribution in [0.25, 0.3) is 0 Å². The third kappa shape index (κ3) is 2.63. The first-order valence-electron chi connectivity index (χ1n) is 6.52. The average Bonchev–Trinajstić information content (AvgIpc) is 2.65. The van der Waals surface area contributed by atoms with Crippen molar-refractivity contribution in [2.45, 2.75) is 58.8 Å². The average molecular weight is 218 g/mol. The number of hydrogen-bond acceptors (Lipinski definition) is 1. The number of allylic oxidation sites excluding steroid dienone is 4. The third-order valence-electron chi connectivity index (χ3n) is 4.11. The molecule has 0 aliphatic heterocycles. The maximum absolute atomic E-state index is 11.6. The van der Waals surface area contributed by atoms with Crippen LogP contribution in [0.15, 0.2) is 22.8 Å². The van der Waals surface area contributed by atoms with Crippen molar-refractivity contribution in [2.75, 3.05) is 0 Å². The minimum absolute atomic E-state index is 0.347. The van der Waals surface area contributed by atoms with Crippen molar-refractivity contribution in [1.29, 1.82) is 0 Å². The summed E-state index contributed by atoms with van der Waals surface area (Å²) >= 11 is 0. The van der Waals surface area contributed by atoms with Crippen molar-refractivity contribution >= 4 is 5.78 Å². The van der Waals surface area contributed by atoms with Crippen LogP contribution >= 0.6 is 0 Å². The van der Waals surface area contributed by atoms with Gasteiger partial charge in [-0.2, -0.15) is 0 Å². The van der Waals surface area contributed by atoms with Gasteiger partial charge in [0.2, 0.25) is 0 Å². The normalized spacial score (nSPS) is 29.2. The molecule has 0 amide bonds. The molecule has 0 aromatic carbocycles. The van der Waals surface area contributed by atoms with Crippen LogP contribution in [0.5, 0.6) is 0 Å². The second-order valence-electron chi connectivity index (χ2n) is 5.40. The lowest BCUT2D eigenvalue weighted by Crippen LogP contribution is -2.08. The zero-order valence-electron chi connectivity index (χ0n) is 10.5. The molecular weight excluding hydrogens is 196 g/mol. The van der Waals surface area contributed by atoms with Gasteiger partial charge in [-0.05, 0) is 52.4 Å². The third-order valence-corrected chi connectivity index (χ3v) is 4.11. The van der Waals surface area contributed by atoms with Gasteiger partial charge in [-0.25, -0.2) is 0 Å². The van der Waals surface area contributed by atoms with Crippen LogP contribution < -0.4 is 0 Å². The first kappa shape index (κ1) is 11.6. The van der Waals surface area contributed by atoms with E-state index >= 15 is 0 Å². The Morgan fingerprint density at radius 3 is 2.75 bits per heavy atom. The van der Waals surface area contributed by atoms with E-state index in [2.05, 4.69) is 19.9 Å². The van der Waals surface area contributed by atoms with Crippen LogP contribution in [0.3, 0.4) is 0 Å². The Bertz CT molecular complexity index is 346. The van der Waals surface area contributed by atoms with Gasteiger partial charge in [0.25, 0.3) is 0 Å². The highest BCUT2D eigenvalue weighted by atomic mass is 16.1. The maximum atomic E-state index is 11.6. The SMILES string of the molecule is CC1=CCC(=C(C)CC2CCCC2=O)CC1. The van der Waals surface area contributed by atoms with Gasteiger partial charge in [0.15, 0.2) is 0 Å². The Balaban J connectivity index is 1.99. The predicted octanol–water partition coefficient (Wildman–Crippen LogP) is 4.19. The Morgan fingerprint density at radius 2 is 2.19 bits per heavy atom. The molecule has 2 rings (SSSR count). The predicted molar refractivity (Wildman–Crippen MR) is 67.3 cm³/mol. The zero-order chi connectivity index (χ0) is 11.5. The van der Waals surface area contributed by atoms with Gasteiger partial charge in [0.05, 0.1) is 0 Å². The molecule has 1 saturated carbocycles. The Labute approximate surface area is 98.6 Å². The van der Waals surface area contributed by atoms with Gasteiger partial charge in [-0.3, -0.25) is 4.79 Å². The summed E-state index contributed by atoms with van der Waals surface area (Å²) in [5, 5.41) is 0. The topological polar surface area (TPSA) is 17.1 Å². The molecule has 0 saturated heterocycles. The fourth-order valence-electron chi connectivity index (χ4n) is 2.85. The Morgan fingerprint density at radius 1 is 1.38 bits per heavy atom. The molecule has 0 aromatic rings. The van der Waals surface area contributed by atoms with Gasteiger partial charge in [0, 0.05) is 12.3 Å². The van der Waals surface area contributed by atoms with Crippen LogP contribution in [0.1, 0.15) is 58.8 Å². The molecule has 2 aliphatic rings. The summed E-state index contributed by atoms with van der Waals surface area (Å²) in [4.78, 5) is 11.6. The van der Waals surface area contributed by atoms with E-state index in [-0.39, 0.29) is 0 Å². The molecule has 0 heterocycles. The second kappa shape index (κ2) is 4.99. The first-order chi connectivity index (χ1) is 7.66. The van der Waals surface area contributed by atoms with Crippen molar-refractivity contribution in [3.63, 3.8) is 0 Å². The van der Waals surface area contributed by atoms with Gasteiger partial charge >= 0.3 is 0 Å². The minimum Gasteiger partial charge on any atom is -0.299 e. The van der Waals surface area contributed by atoms with Gasteiger partial charge in [-0.1, -0.05) is 22.8 Å². The van der Waals surface area contributed by atoms with E-state index in [0.717, 1.165) is 32.1 Å². The van der Waals surface area contributed by atoms with E-state index in [4.69, 9.17) is 0 Å². The maximum Gasteiger partial charge on any atom is 0.136 e. The Kier molecular flexibility index (Phi) is 3.63. The summed E-state index contributed by atoms with van der Waals surface area (Å²) in [5.74, 6) is 0.849. The summed E-state index contributed by atoms with van der Waals surface area (Å²) < 4.78 is 0. The smallest absolute Gasteiger partial charge is 0.136 e. The summed E-state index contributed by atoms with van der Waals surface area (Å²) in [7, 11) is 0. The van der Waals surface area contributed by atoms with E-state index in [0.29, 0.717) is 11.7 Å². The van der Waals surface area contributed by atoms with Crippen LogP contribution in [0.2, 0.25) is 0 Å². The van der Waals surface area contributed by atoms with Gasteiger partial charge in [-0.15, -0.1) is 0 Å². The standard InChI is InChI=1S/C15H22O/c1-11-6-8-13(9-7-11)12(2)10-14-4-3-5-15(14)16/h6,14H,3-5,7-10H2,1-2H3. The highest BCUT2D eigenvalue weighted by Crippen LogP contribution is 2.32. The van der Waals surface area contributed by atoms with Crippen LogP contribution in [0.4, 0.5) is 0 Å². The van der Waals surface area contributed by atoms with E-state index in [9.17, 15) is 4.79 Å². The highest BCUT2D eigenvalue weighted by molar-refractivity contribution is 5.83. The largest absolute Gasteiger partial charge is 0.299 e. The number of carbonyl (C=O) groups excluding carboxylic acids is 1. The molecule has 0 bridgehead atoms. The summed E-state index contributed by atoms with van der Waals surface area (Å²) in [5.41, 5.74) is 4.60. The lowest BCUT2D eigenvalue weighted by Gasteiger charge is -2.18. The monoisotopic (exact) mass is 218 g/mol. The minimum atomic E-state index is 0.347. The van der Waals surface area contributed by atoms with E-state index in [1.165, 1.54) is 24.0 Å². The van der Waals surface area contributed by atoms with Crippen molar-refractivity contribution in [3.05, 3.63) is 22.8 Å². The van der Waals surface area contributed by atoms with Crippen LogP contribution in [0, 0.1) is 5.92 Å². The number of rotatable bonds is 2. The molecule has 1 heteroatoms. The molecular formula is C15H22O. The summed E-state index contributed by atoms with van der Waals surface area (Å²) in [6.07, 6.45) is 9.99. The molecule has 88 valence electrons. The van der Waals surface area contributed by atoms with Crippen molar-refractivity contribution in [1.82, 2.24) is 0 Å². The molecule has 1 atom stereocenters. The fourth-order valence-corrected chi connectivity index (χ4v) is 2.85. The molecule has 0 spiro atoms. The Hall–Kier alpha value is -0.850. The second-order valence-corrected chi connectivity index (χ2v) is 5.40. The van der Waals surface area contributed by atoms with Gasteiger partial charge in [0.1, 0.15) is 5.78 Å². The number of hydrogen-bond donors (Lipinski definition) is 0. The van der Waals surface area contributed by atoms with E-state index in [1.54, 1.807) is 5.57 Å². The van der Waals surface area contributed by atoms with Crippen LogP contribution in [-0.2, 0) is 4.79 Å². The number of carbonyl (C=O) groups is 1. The summed E-state index contributed by atoms with van der Waals surface area (Å²) in [6, 6.07) is 0. The molecule has 1 unspecified atom stereocenters.